The largest absolute Gasteiger partial charge is 0.480 e. The van der Waals surface area contributed by atoms with E-state index in [-0.39, 0.29) is 17.7 Å². The van der Waals surface area contributed by atoms with Crippen LogP contribution in [0.1, 0.15) is 35.7 Å². The number of aliphatic carboxylic acids is 1. The van der Waals surface area contributed by atoms with Crippen LogP contribution in [-0.2, 0) is 9.59 Å². The van der Waals surface area contributed by atoms with E-state index in [1.165, 1.54) is 6.92 Å². The lowest BCUT2D eigenvalue weighted by Crippen LogP contribution is -2.48. The number of carbonyl (C=O) groups is 3. The molecular formula is C17H22N2O4. The van der Waals surface area contributed by atoms with Crippen LogP contribution in [0.15, 0.2) is 24.3 Å². The van der Waals surface area contributed by atoms with E-state index in [1.54, 1.807) is 17.0 Å². The van der Waals surface area contributed by atoms with Gasteiger partial charge in [-0.2, -0.15) is 0 Å². The first-order valence-corrected chi connectivity index (χ1v) is 7.77. The Labute approximate surface area is 135 Å². The van der Waals surface area contributed by atoms with Crippen LogP contribution in [0, 0.1) is 12.8 Å². The first-order valence-electron chi connectivity index (χ1n) is 7.77. The maximum atomic E-state index is 12.5. The van der Waals surface area contributed by atoms with Crippen LogP contribution in [0.3, 0.4) is 0 Å². The molecule has 1 aromatic rings. The van der Waals surface area contributed by atoms with Gasteiger partial charge in [0.05, 0.1) is 5.92 Å². The van der Waals surface area contributed by atoms with Crippen molar-refractivity contribution < 1.29 is 19.5 Å². The molecule has 6 heteroatoms. The summed E-state index contributed by atoms with van der Waals surface area (Å²) in [7, 11) is 0. The highest BCUT2D eigenvalue weighted by molar-refractivity contribution is 5.95. The molecule has 124 valence electrons. The van der Waals surface area contributed by atoms with Crippen molar-refractivity contribution in [3.63, 3.8) is 0 Å². The minimum atomic E-state index is -1.07. The predicted molar refractivity (Wildman–Crippen MR) is 85.0 cm³/mol. The second kappa shape index (κ2) is 7.26. The quantitative estimate of drug-likeness (QED) is 0.879. The molecule has 0 aliphatic carbocycles. The molecule has 0 bridgehead atoms. The zero-order valence-corrected chi connectivity index (χ0v) is 13.4. The third kappa shape index (κ3) is 4.31. The Balaban J connectivity index is 2.00. The third-order valence-electron chi connectivity index (χ3n) is 4.11. The number of nitrogens with one attached hydrogen (secondary N) is 1. The van der Waals surface area contributed by atoms with E-state index in [9.17, 15) is 14.4 Å². The van der Waals surface area contributed by atoms with Crippen molar-refractivity contribution >= 4 is 17.8 Å². The lowest BCUT2D eigenvalue weighted by atomic mass is 9.96. The molecule has 23 heavy (non-hydrogen) atoms. The fourth-order valence-corrected chi connectivity index (χ4v) is 2.65. The van der Waals surface area contributed by atoms with Gasteiger partial charge in [0.1, 0.15) is 6.04 Å². The van der Waals surface area contributed by atoms with Gasteiger partial charge < -0.3 is 15.3 Å². The summed E-state index contributed by atoms with van der Waals surface area (Å²) in [6, 6.07) is 6.42. The van der Waals surface area contributed by atoms with Crippen LogP contribution in [0.4, 0.5) is 0 Å². The molecule has 1 aliphatic heterocycles. The first kappa shape index (κ1) is 17.0. The van der Waals surface area contributed by atoms with Crippen LogP contribution < -0.4 is 5.32 Å². The highest BCUT2D eigenvalue weighted by atomic mass is 16.4. The first-order chi connectivity index (χ1) is 10.9. The Morgan fingerprint density at radius 3 is 2.52 bits per heavy atom. The highest BCUT2D eigenvalue weighted by Crippen LogP contribution is 2.19. The van der Waals surface area contributed by atoms with Crippen molar-refractivity contribution in [3.05, 3.63) is 35.4 Å². The summed E-state index contributed by atoms with van der Waals surface area (Å²) in [6.07, 6.45) is 1.40. The van der Waals surface area contributed by atoms with Crippen LogP contribution in [0.2, 0.25) is 0 Å². The molecule has 2 amide bonds. The summed E-state index contributed by atoms with van der Waals surface area (Å²) in [5, 5.41) is 11.3. The van der Waals surface area contributed by atoms with Crippen LogP contribution in [0.5, 0.6) is 0 Å². The van der Waals surface area contributed by atoms with E-state index in [0.717, 1.165) is 12.0 Å². The Morgan fingerprint density at radius 2 is 1.91 bits per heavy atom. The minimum absolute atomic E-state index is 0.0891. The lowest BCUT2D eigenvalue weighted by Gasteiger charge is -2.32. The van der Waals surface area contributed by atoms with Gasteiger partial charge in [-0.05, 0) is 38.8 Å². The molecule has 0 saturated carbocycles. The average Bonchev–Trinajstić information content (AvgIpc) is 2.54. The third-order valence-corrected chi connectivity index (χ3v) is 4.11. The van der Waals surface area contributed by atoms with Gasteiger partial charge in [0, 0.05) is 18.7 Å². The number of carbonyl (C=O) groups excluding carboxylic acids is 2. The number of rotatable bonds is 4. The summed E-state index contributed by atoms with van der Waals surface area (Å²) in [5.41, 5.74) is 1.69. The second-order valence-corrected chi connectivity index (χ2v) is 6.02. The number of hydrogen-bond acceptors (Lipinski definition) is 3. The van der Waals surface area contributed by atoms with E-state index >= 15 is 0 Å². The van der Waals surface area contributed by atoms with Crippen LogP contribution in [-0.4, -0.2) is 46.9 Å². The molecule has 2 rings (SSSR count). The number of hydrogen-bond donors (Lipinski definition) is 2. The molecular weight excluding hydrogens is 296 g/mol. The van der Waals surface area contributed by atoms with Gasteiger partial charge in [0.25, 0.3) is 5.91 Å². The van der Waals surface area contributed by atoms with E-state index in [0.29, 0.717) is 25.1 Å². The number of likely N-dealkylation sites (tertiary alicyclic amines) is 1. The smallest absolute Gasteiger partial charge is 0.325 e. The van der Waals surface area contributed by atoms with E-state index in [1.807, 2.05) is 19.1 Å². The minimum Gasteiger partial charge on any atom is -0.480 e. The maximum absolute atomic E-state index is 12.5. The maximum Gasteiger partial charge on any atom is 0.325 e. The summed E-state index contributed by atoms with van der Waals surface area (Å²) in [6.45, 7) is 4.33. The lowest BCUT2D eigenvalue weighted by molar-refractivity contribution is -0.142. The number of carboxylic acids is 1. The summed E-state index contributed by atoms with van der Waals surface area (Å²) < 4.78 is 0. The molecule has 6 nitrogen and oxygen atoms in total. The Kier molecular flexibility index (Phi) is 5.36. The standard InChI is InChI=1S/C17H22N2O4/c1-11-5-7-13(8-6-11)16(21)19-9-3-4-14(10-19)15(20)18-12(2)17(22)23/h5-8,12,14H,3-4,9-10H2,1-2H3,(H,18,20)(H,22,23). The number of piperidine rings is 1. The molecule has 0 spiro atoms. The van der Waals surface area contributed by atoms with E-state index in [2.05, 4.69) is 5.32 Å². The predicted octanol–water partition coefficient (Wildman–Crippen LogP) is 1.44. The molecule has 2 N–H and O–H groups in total. The van der Waals surface area contributed by atoms with Gasteiger partial charge in [-0.3, -0.25) is 14.4 Å². The zero-order chi connectivity index (χ0) is 17.0. The molecule has 1 fully saturated rings. The van der Waals surface area contributed by atoms with E-state index in [4.69, 9.17) is 5.11 Å². The van der Waals surface area contributed by atoms with Gasteiger partial charge >= 0.3 is 5.97 Å². The van der Waals surface area contributed by atoms with Gasteiger partial charge in [0.2, 0.25) is 5.91 Å². The molecule has 1 saturated heterocycles. The molecule has 1 aliphatic rings. The normalized spacial score (nSPS) is 19.0. The Morgan fingerprint density at radius 1 is 1.26 bits per heavy atom. The zero-order valence-electron chi connectivity index (χ0n) is 13.4. The Bertz CT molecular complexity index is 597. The van der Waals surface area contributed by atoms with Gasteiger partial charge in [-0.15, -0.1) is 0 Å². The van der Waals surface area contributed by atoms with Crippen molar-refractivity contribution in [1.82, 2.24) is 10.2 Å². The van der Waals surface area contributed by atoms with Crippen LogP contribution in [0.25, 0.3) is 0 Å². The molecule has 1 heterocycles. The van der Waals surface area contributed by atoms with Crippen molar-refractivity contribution in [2.24, 2.45) is 5.92 Å². The Hall–Kier alpha value is -2.37. The summed E-state index contributed by atoms with van der Waals surface area (Å²) in [4.78, 5) is 37.2. The monoisotopic (exact) mass is 318 g/mol. The highest BCUT2D eigenvalue weighted by Gasteiger charge is 2.30. The second-order valence-electron chi connectivity index (χ2n) is 6.02. The van der Waals surface area contributed by atoms with Crippen molar-refractivity contribution in [2.45, 2.75) is 32.7 Å². The fraction of sp³-hybridized carbons (Fsp3) is 0.471. The number of nitrogens with zero attached hydrogens (tertiary/aromatic N) is 1. The number of carboxylic acid groups (broad SMARTS) is 1. The molecule has 0 aromatic heterocycles. The number of aryl methyl sites for hydroxylation is 1. The SMILES string of the molecule is Cc1ccc(C(=O)N2CCCC(C(=O)NC(C)C(=O)O)C2)cc1. The van der Waals surface area contributed by atoms with Crippen molar-refractivity contribution in [1.29, 1.82) is 0 Å². The molecule has 2 atom stereocenters. The van der Waals surface area contributed by atoms with Crippen molar-refractivity contribution in [3.8, 4) is 0 Å². The van der Waals surface area contributed by atoms with Gasteiger partial charge in [-0.1, -0.05) is 17.7 Å². The van der Waals surface area contributed by atoms with E-state index < -0.39 is 12.0 Å². The fourth-order valence-electron chi connectivity index (χ4n) is 2.65. The van der Waals surface area contributed by atoms with Crippen molar-refractivity contribution in [2.75, 3.05) is 13.1 Å². The van der Waals surface area contributed by atoms with Crippen LogP contribution >= 0.6 is 0 Å². The van der Waals surface area contributed by atoms with Gasteiger partial charge in [-0.25, -0.2) is 0 Å². The number of benzene rings is 1. The molecule has 1 aromatic carbocycles. The molecule has 0 radical (unpaired) electrons. The topological polar surface area (TPSA) is 86.7 Å². The number of amides is 2. The van der Waals surface area contributed by atoms with Gasteiger partial charge in [0.15, 0.2) is 0 Å². The average molecular weight is 318 g/mol. The molecule has 2 unspecified atom stereocenters. The summed E-state index contributed by atoms with van der Waals surface area (Å²) >= 11 is 0. The summed E-state index contributed by atoms with van der Waals surface area (Å²) in [5.74, 6) is -1.82.